The Morgan fingerprint density at radius 1 is 1.03 bits per heavy atom. The molecule has 0 aromatic heterocycles. The van der Waals surface area contributed by atoms with Crippen LogP contribution in [0.1, 0.15) is 30.9 Å². The minimum Gasteiger partial charge on any atom is -0.494 e. The second-order valence-electron chi connectivity index (χ2n) is 8.55. The fourth-order valence-electron chi connectivity index (χ4n) is 3.76. The summed E-state index contributed by atoms with van der Waals surface area (Å²) in [6.07, 6.45) is 3.16. The third kappa shape index (κ3) is 6.60. The number of carbonyl (C=O) groups excluding carboxylic acids is 3. The summed E-state index contributed by atoms with van der Waals surface area (Å²) in [4.78, 5) is 50.0. The Hall–Kier alpha value is -4.70. The molecule has 0 aliphatic carbocycles. The molecule has 1 saturated heterocycles. The van der Waals surface area contributed by atoms with Gasteiger partial charge in [0.1, 0.15) is 23.7 Å². The lowest BCUT2D eigenvalue weighted by molar-refractivity contribution is -0.384. The maximum Gasteiger partial charge on any atom is 0.335 e. The molecule has 11 heteroatoms. The Morgan fingerprint density at radius 3 is 2.51 bits per heavy atom. The highest BCUT2D eigenvalue weighted by Gasteiger charge is 2.37. The van der Waals surface area contributed by atoms with Crippen LogP contribution in [0.15, 0.2) is 72.3 Å². The number of hydrogen-bond donors (Lipinski definition) is 1. The zero-order valence-corrected chi connectivity index (χ0v) is 21.6. The molecule has 4 amide bonds. The van der Waals surface area contributed by atoms with E-state index >= 15 is 0 Å². The highest BCUT2D eigenvalue weighted by molar-refractivity contribution is 6.39. The van der Waals surface area contributed by atoms with Crippen LogP contribution >= 0.6 is 11.6 Å². The Bertz CT molecular complexity index is 1450. The quantitative estimate of drug-likeness (QED) is 0.113. The van der Waals surface area contributed by atoms with Crippen molar-refractivity contribution in [1.29, 1.82) is 0 Å². The van der Waals surface area contributed by atoms with Gasteiger partial charge in [0.15, 0.2) is 0 Å². The van der Waals surface area contributed by atoms with E-state index in [0.717, 1.165) is 17.7 Å². The molecule has 0 spiro atoms. The van der Waals surface area contributed by atoms with Gasteiger partial charge in [-0.25, -0.2) is 9.69 Å². The van der Waals surface area contributed by atoms with Crippen molar-refractivity contribution in [2.45, 2.75) is 26.4 Å². The summed E-state index contributed by atoms with van der Waals surface area (Å²) in [6, 6.07) is 16.1. The molecular formula is C28H24ClN3O7. The predicted octanol–water partition coefficient (Wildman–Crippen LogP) is 5.67. The molecule has 0 bridgehead atoms. The van der Waals surface area contributed by atoms with Gasteiger partial charge in [-0.2, -0.15) is 0 Å². The fourth-order valence-corrected chi connectivity index (χ4v) is 3.94. The number of halogens is 1. The maximum absolute atomic E-state index is 13.3. The molecule has 1 aliphatic heterocycles. The summed E-state index contributed by atoms with van der Waals surface area (Å²) in [6.45, 7) is 2.58. The number of rotatable bonds is 10. The average Bonchev–Trinajstić information content (AvgIpc) is 2.91. The normalized spacial score (nSPS) is 14.4. The number of amides is 4. The smallest absolute Gasteiger partial charge is 0.335 e. The van der Waals surface area contributed by atoms with Gasteiger partial charge in [-0.3, -0.25) is 25.0 Å². The van der Waals surface area contributed by atoms with Crippen molar-refractivity contribution in [2.24, 2.45) is 0 Å². The molecule has 1 fully saturated rings. The van der Waals surface area contributed by atoms with E-state index in [1.165, 1.54) is 24.3 Å². The van der Waals surface area contributed by atoms with Gasteiger partial charge >= 0.3 is 6.03 Å². The van der Waals surface area contributed by atoms with E-state index in [0.29, 0.717) is 28.5 Å². The summed E-state index contributed by atoms with van der Waals surface area (Å²) in [5.74, 6) is -0.831. The van der Waals surface area contributed by atoms with Gasteiger partial charge in [-0.1, -0.05) is 37.1 Å². The number of benzene rings is 3. The van der Waals surface area contributed by atoms with Crippen LogP contribution in [0, 0.1) is 10.1 Å². The zero-order valence-electron chi connectivity index (χ0n) is 20.9. The summed E-state index contributed by atoms with van der Waals surface area (Å²) >= 11 is 6.17. The van der Waals surface area contributed by atoms with Gasteiger partial charge in [0.05, 0.1) is 17.2 Å². The highest BCUT2D eigenvalue weighted by atomic mass is 35.5. The predicted molar refractivity (Wildman–Crippen MR) is 145 cm³/mol. The van der Waals surface area contributed by atoms with Gasteiger partial charge in [0, 0.05) is 22.7 Å². The number of imide groups is 2. The van der Waals surface area contributed by atoms with E-state index in [4.69, 9.17) is 21.1 Å². The lowest BCUT2D eigenvalue weighted by Crippen LogP contribution is -2.54. The summed E-state index contributed by atoms with van der Waals surface area (Å²) in [7, 11) is 0. The van der Waals surface area contributed by atoms with Gasteiger partial charge in [0.25, 0.3) is 17.5 Å². The van der Waals surface area contributed by atoms with Crippen molar-refractivity contribution < 1.29 is 28.8 Å². The first-order chi connectivity index (χ1) is 18.8. The van der Waals surface area contributed by atoms with Crippen molar-refractivity contribution in [3.05, 3.63) is 98.6 Å². The number of nitrogens with zero attached hydrogens (tertiary/aromatic N) is 2. The minimum atomic E-state index is -0.880. The van der Waals surface area contributed by atoms with E-state index < -0.39 is 22.8 Å². The van der Waals surface area contributed by atoms with Crippen LogP contribution in [0.2, 0.25) is 5.02 Å². The number of ether oxygens (including phenoxy) is 2. The molecule has 200 valence electrons. The van der Waals surface area contributed by atoms with Crippen molar-refractivity contribution in [3.63, 3.8) is 0 Å². The first kappa shape index (κ1) is 27.3. The number of unbranched alkanes of at least 4 members (excludes halogenated alkanes) is 1. The van der Waals surface area contributed by atoms with Gasteiger partial charge in [0.2, 0.25) is 0 Å². The standard InChI is InChI=1S/C28H24ClN3O7/c1-2-3-13-38-23-10-8-21(9-11-23)31-27(34)24(26(33)30-28(31)35)16-19-15-20(29)7-12-25(19)39-17-18-5-4-6-22(14-18)32(36)37/h4-12,14-16H,2-3,13,17H2,1H3,(H,30,33,35)/b24-16-. The summed E-state index contributed by atoms with van der Waals surface area (Å²) in [5.41, 5.74) is 0.722. The van der Waals surface area contributed by atoms with E-state index in [2.05, 4.69) is 12.2 Å². The van der Waals surface area contributed by atoms with E-state index in [1.807, 2.05) is 0 Å². The first-order valence-corrected chi connectivity index (χ1v) is 12.4. The number of urea groups is 1. The van der Waals surface area contributed by atoms with E-state index in [-0.39, 0.29) is 29.3 Å². The van der Waals surface area contributed by atoms with Gasteiger partial charge in [-0.15, -0.1) is 0 Å². The topological polar surface area (TPSA) is 128 Å². The molecule has 0 atom stereocenters. The number of nitro groups is 1. The van der Waals surface area contributed by atoms with Crippen molar-refractivity contribution in [2.75, 3.05) is 11.5 Å². The molecule has 1 aliphatic rings. The molecule has 1 N–H and O–H groups in total. The number of hydrogen-bond acceptors (Lipinski definition) is 7. The SMILES string of the molecule is CCCCOc1ccc(N2C(=O)NC(=O)/C(=C/c3cc(Cl)ccc3OCc3cccc([N+](=O)[O-])c3)C2=O)cc1. The number of carbonyl (C=O) groups is 3. The number of non-ortho nitro benzene ring substituents is 1. The monoisotopic (exact) mass is 549 g/mol. The van der Waals surface area contributed by atoms with Crippen LogP contribution < -0.4 is 19.7 Å². The van der Waals surface area contributed by atoms with Crippen LogP contribution in [0.3, 0.4) is 0 Å². The molecule has 4 rings (SSSR count). The number of barbiturate groups is 1. The van der Waals surface area contributed by atoms with Crippen LogP contribution in [0.4, 0.5) is 16.2 Å². The number of nitro benzene ring substituents is 1. The molecule has 10 nitrogen and oxygen atoms in total. The molecule has 3 aromatic carbocycles. The van der Waals surface area contributed by atoms with Crippen LogP contribution in [-0.4, -0.2) is 29.4 Å². The van der Waals surface area contributed by atoms with Crippen molar-refractivity contribution in [1.82, 2.24) is 5.32 Å². The van der Waals surface area contributed by atoms with Crippen molar-refractivity contribution in [3.8, 4) is 11.5 Å². The van der Waals surface area contributed by atoms with Crippen LogP contribution in [0.25, 0.3) is 6.08 Å². The fraction of sp³-hybridized carbons (Fsp3) is 0.179. The Kier molecular flexibility index (Phi) is 8.57. The Morgan fingerprint density at radius 2 is 1.79 bits per heavy atom. The Balaban J connectivity index is 1.59. The maximum atomic E-state index is 13.3. The second kappa shape index (κ2) is 12.2. The first-order valence-electron chi connectivity index (χ1n) is 12.1. The highest BCUT2D eigenvalue weighted by Crippen LogP contribution is 2.29. The zero-order chi connectivity index (χ0) is 27.9. The van der Waals surface area contributed by atoms with Crippen LogP contribution in [0.5, 0.6) is 11.5 Å². The molecular weight excluding hydrogens is 526 g/mol. The molecule has 39 heavy (non-hydrogen) atoms. The van der Waals surface area contributed by atoms with E-state index in [1.54, 1.807) is 48.5 Å². The van der Waals surface area contributed by atoms with Gasteiger partial charge < -0.3 is 9.47 Å². The molecule has 3 aromatic rings. The van der Waals surface area contributed by atoms with Crippen LogP contribution in [-0.2, 0) is 16.2 Å². The third-order valence-corrected chi connectivity index (χ3v) is 5.99. The summed E-state index contributed by atoms with van der Waals surface area (Å²) < 4.78 is 11.5. The Labute approximate surface area is 228 Å². The molecule has 1 heterocycles. The second-order valence-corrected chi connectivity index (χ2v) is 8.99. The lowest BCUT2D eigenvalue weighted by Gasteiger charge is -2.26. The number of nitrogens with one attached hydrogen (secondary N) is 1. The average molecular weight is 550 g/mol. The molecule has 0 saturated carbocycles. The van der Waals surface area contributed by atoms with Crippen molar-refractivity contribution >= 4 is 46.9 Å². The third-order valence-electron chi connectivity index (χ3n) is 5.75. The summed E-state index contributed by atoms with van der Waals surface area (Å²) in [5, 5.41) is 13.6. The minimum absolute atomic E-state index is 0.0169. The van der Waals surface area contributed by atoms with Gasteiger partial charge in [-0.05, 0) is 60.5 Å². The number of anilines is 1. The molecule has 0 unspecified atom stereocenters. The van der Waals surface area contributed by atoms with E-state index in [9.17, 15) is 24.5 Å². The lowest BCUT2D eigenvalue weighted by atomic mass is 10.1. The largest absolute Gasteiger partial charge is 0.494 e. The molecule has 0 radical (unpaired) electrons.